The molecule has 4 N–H and O–H groups in total. The first-order valence-electron chi connectivity index (χ1n) is 17.3. The largest absolute Gasteiger partial charge is 0.443 e. The van der Waals surface area contributed by atoms with E-state index in [0.717, 1.165) is 12.1 Å². The van der Waals surface area contributed by atoms with Crippen molar-refractivity contribution in [3.63, 3.8) is 0 Å². The molecule has 0 saturated carbocycles. The summed E-state index contributed by atoms with van der Waals surface area (Å²) >= 11 is 0. The van der Waals surface area contributed by atoms with Crippen molar-refractivity contribution in [2.45, 2.75) is 56.0 Å². The van der Waals surface area contributed by atoms with Crippen molar-refractivity contribution in [1.29, 1.82) is 0 Å². The first-order valence-corrected chi connectivity index (χ1v) is 13.2. The maximum atomic E-state index is 13.9. The highest BCUT2D eigenvalue weighted by molar-refractivity contribution is 7.89. The lowest BCUT2D eigenvalue weighted by atomic mass is 10.0. The molecule has 2 heterocycles. The number of aliphatic hydroxyl groups excluding tert-OH is 1. The number of fused-ring (bicyclic) bond motifs is 1. The Morgan fingerprint density at radius 2 is 1.97 bits per heavy atom. The number of alkyl carbamates (subject to hydrolysis) is 1. The standard InChI is InChI=1S/C27H37N3O7S/c1-18(2)15-30(38(33,34)21-10-8-20(28)9-11-21)16-24(31)23(14-19-6-4-3-5-7-19)29-27(32)37-25-17-36-26-22(25)12-13-35-26/h3-11,18,22-26,31H,12-17,28H2,1-2H3,(H,29,32)/t22-,23-,24+,25-,26+/m0/s1/i1D3,2D3,13D2,17D2,18D. The molecule has 2 fully saturated rings. The molecule has 0 aromatic heterocycles. The van der Waals surface area contributed by atoms with Gasteiger partial charge in [0, 0.05) is 28.4 Å². The van der Waals surface area contributed by atoms with Crippen LogP contribution in [-0.4, -0.2) is 74.7 Å². The van der Waals surface area contributed by atoms with Crippen LogP contribution in [0.4, 0.5) is 10.5 Å². The molecule has 0 unspecified atom stereocenters. The van der Waals surface area contributed by atoms with E-state index in [1.165, 1.54) is 12.1 Å². The minimum Gasteiger partial charge on any atom is -0.443 e. The van der Waals surface area contributed by atoms with Crippen LogP contribution < -0.4 is 11.1 Å². The summed E-state index contributed by atoms with van der Waals surface area (Å²) in [5.74, 6) is -4.39. The minimum atomic E-state index is -4.82. The monoisotopic (exact) mass is 558 g/mol. The van der Waals surface area contributed by atoms with E-state index >= 15 is 0 Å². The van der Waals surface area contributed by atoms with Crippen LogP contribution in [0, 0.1) is 11.8 Å². The Morgan fingerprint density at radius 3 is 2.68 bits per heavy atom. The van der Waals surface area contributed by atoms with Crippen LogP contribution >= 0.6 is 0 Å². The fourth-order valence-corrected chi connectivity index (χ4v) is 5.53. The van der Waals surface area contributed by atoms with Crippen LogP contribution in [0.5, 0.6) is 0 Å². The number of nitrogens with one attached hydrogen (secondary N) is 1. The molecule has 0 bridgehead atoms. The summed E-state index contributed by atoms with van der Waals surface area (Å²) in [6.07, 6.45) is -6.72. The van der Waals surface area contributed by atoms with E-state index < -0.39 is 97.3 Å². The van der Waals surface area contributed by atoms with Crippen LogP contribution in [0.1, 0.15) is 40.8 Å². The Balaban J connectivity index is 1.67. The summed E-state index contributed by atoms with van der Waals surface area (Å²) < 4.78 is 131. The van der Waals surface area contributed by atoms with Crippen molar-refractivity contribution >= 4 is 21.8 Å². The number of anilines is 1. The first kappa shape index (κ1) is 17.1. The van der Waals surface area contributed by atoms with Gasteiger partial charge < -0.3 is 30.4 Å². The number of hydrogen-bond acceptors (Lipinski definition) is 8. The SMILES string of the molecule is [2H]C1([2H])C[C@@H]2[C@H](O1)OC([2H])([2H])[C@@H]2OC(=O)N[C@@H](Cc1ccccc1)[C@H](O)CN(CC([2H])(C([2H])([2H])[2H])C([2H])([2H])[2H])S(=O)(=O)c1ccc(N)cc1. The highest BCUT2D eigenvalue weighted by Gasteiger charge is 2.44. The number of benzene rings is 2. The van der Waals surface area contributed by atoms with E-state index in [9.17, 15) is 18.3 Å². The number of rotatable bonds is 11. The van der Waals surface area contributed by atoms with Crippen LogP contribution in [0.2, 0.25) is 0 Å². The van der Waals surface area contributed by atoms with E-state index in [0.29, 0.717) is 9.87 Å². The smallest absolute Gasteiger partial charge is 0.407 e. The number of sulfonamides is 1. The van der Waals surface area contributed by atoms with Crippen molar-refractivity contribution in [3.8, 4) is 0 Å². The third-order valence-electron chi connectivity index (χ3n) is 6.10. The first-order chi connectivity index (χ1) is 22.4. The highest BCUT2D eigenvalue weighted by atomic mass is 32.2. The number of nitrogens with two attached hydrogens (primary N) is 1. The molecule has 0 spiro atoms. The van der Waals surface area contributed by atoms with E-state index in [2.05, 4.69) is 5.32 Å². The van der Waals surface area contributed by atoms with Gasteiger partial charge in [-0.3, -0.25) is 0 Å². The van der Waals surface area contributed by atoms with Crippen LogP contribution in [0.25, 0.3) is 0 Å². The normalized spacial score (nSPS) is 30.7. The van der Waals surface area contributed by atoms with Gasteiger partial charge in [0.25, 0.3) is 0 Å². The molecular formula is C27H37N3O7S. The summed E-state index contributed by atoms with van der Waals surface area (Å²) in [5.41, 5.74) is 6.39. The Bertz CT molecular complexity index is 1570. The second-order valence-corrected chi connectivity index (χ2v) is 10.9. The second-order valence-electron chi connectivity index (χ2n) is 8.91. The number of amides is 1. The molecule has 2 saturated heterocycles. The maximum Gasteiger partial charge on any atom is 0.407 e. The van der Waals surface area contributed by atoms with Crippen LogP contribution in [-0.2, 0) is 30.7 Å². The molecule has 1 amide bonds. The quantitative estimate of drug-likeness (QED) is 0.357. The number of nitrogen functional groups attached to an aromatic ring is 1. The van der Waals surface area contributed by atoms with Crippen LogP contribution in [0.15, 0.2) is 59.5 Å². The number of nitrogens with zero attached hydrogens (tertiary/aromatic N) is 1. The van der Waals surface area contributed by atoms with Crippen molar-refractivity contribution < 1.29 is 47.6 Å². The molecule has 2 aromatic rings. The van der Waals surface area contributed by atoms with Gasteiger partial charge in [-0.1, -0.05) is 44.0 Å². The van der Waals surface area contributed by atoms with Gasteiger partial charge >= 0.3 is 6.09 Å². The Morgan fingerprint density at radius 1 is 1.24 bits per heavy atom. The molecule has 4 rings (SSSR count). The van der Waals surface area contributed by atoms with Crippen molar-refractivity contribution in [2.75, 3.05) is 31.9 Å². The van der Waals surface area contributed by atoms with Gasteiger partial charge in [-0.2, -0.15) is 4.31 Å². The van der Waals surface area contributed by atoms with Gasteiger partial charge in [-0.25, -0.2) is 13.2 Å². The molecule has 2 aromatic carbocycles. The number of carbonyl (C=O) groups is 1. The summed E-state index contributed by atoms with van der Waals surface area (Å²) in [4.78, 5) is 12.8. The second kappa shape index (κ2) is 12.4. The number of aliphatic hydroxyl groups is 1. The third-order valence-corrected chi connectivity index (χ3v) is 7.93. The minimum absolute atomic E-state index is 0.177. The molecule has 5 atom stereocenters. The number of ether oxygens (including phenoxy) is 3. The Hall–Kier alpha value is -2.70. The van der Waals surface area contributed by atoms with Crippen molar-refractivity contribution in [2.24, 2.45) is 11.8 Å². The zero-order valence-corrected chi connectivity index (χ0v) is 21.1. The van der Waals surface area contributed by atoms with Crippen molar-refractivity contribution in [3.05, 3.63) is 60.2 Å². The lowest BCUT2D eigenvalue weighted by Crippen LogP contribution is -2.51. The summed E-state index contributed by atoms with van der Waals surface area (Å²) in [6.45, 7) is -14.2. The van der Waals surface area contributed by atoms with Gasteiger partial charge in [0.05, 0.1) is 41.6 Å². The lowest BCUT2D eigenvalue weighted by Gasteiger charge is -2.31. The van der Waals surface area contributed by atoms with Gasteiger partial charge in [0.15, 0.2) is 6.29 Å². The van der Waals surface area contributed by atoms with E-state index in [1.807, 2.05) is 0 Å². The average molecular weight is 559 g/mol. The topological polar surface area (TPSA) is 140 Å². The average Bonchev–Trinajstić information content (AvgIpc) is 3.37. The molecule has 0 aliphatic carbocycles. The van der Waals surface area contributed by atoms with Gasteiger partial charge in [-0.15, -0.1) is 0 Å². The molecule has 208 valence electrons. The summed E-state index contributed by atoms with van der Waals surface area (Å²) in [6, 6.07) is 11.4. The fourth-order valence-electron chi connectivity index (χ4n) is 4.11. The molecule has 38 heavy (non-hydrogen) atoms. The van der Waals surface area contributed by atoms with Gasteiger partial charge in [0.1, 0.15) is 6.10 Å². The molecule has 2 aliphatic heterocycles. The fraction of sp³-hybridized carbons (Fsp3) is 0.519. The predicted molar refractivity (Wildman–Crippen MR) is 142 cm³/mol. The number of hydrogen-bond donors (Lipinski definition) is 3. The molecule has 2 aliphatic rings. The maximum absolute atomic E-state index is 13.9. The zero-order chi connectivity index (χ0) is 36.8. The predicted octanol–water partition coefficient (Wildman–Crippen LogP) is 2.38. The zero-order valence-electron chi connectivity index (χ0n) is 31.2. The molecule has 11 heteroatoms. The van der Waals surface area contributed by atoms with Gasteiger partial charge in [0.2, 0.25) is 10.0 Å². The summed E-state index contributed by atoms with van der Waals surface area (Å²) in [5, 5.41) is 13.9. The van der Waals surface area contributed by atoms with E-state index in [-0.39, 0.29) is 18.5 Å². The molecule has 0 radical (unpaired) electrons. The molecule has 10 nitrogen and oxygen atoms in total. The van der Waals surface area contributed by atoms with E-state index in [4.69, 9.17) is 35.0 Å². The lowest BCUT2D eigenvalue weighted by molar-refractivity contribution is -0.0907. The number of carbonyl (C=O) groups excluding carboxylic acids is 1. The third kappa shape index (κ3) is 7.03. The summed E-state index contributed by atoms with van der Waals surface area (Å²) in [7, 11) is -4.82. The Labute approximate surface area is 239 Å². The molecular weight excluding hydrogens is 510 g/mol. The highest BCUT2D eigenvalue weighted by Crippen LogP contribution is 2.33. The Kier molecular flexibility index (Phi) is 5.59. The van der Waals surface area contributed by atoms with Crippen molar-refractivity contribution in [1.82, 2.24) is 9.62 Å². The van der Waals surface area contributed by atoms with Crippen LogP contribution in [0.3, 0.4) is 0 Å². The van der Waals surface area contributed by atoms with Gasteiger partial charge in [-0.05, 0) is 48.6 Å². The van der Waals surface area contributed by atoms with E-state index in [1.54, 1.807) is 30.3 Å².